The minimum atomic E-state index is -1.13. The van der Waals surface area contributed by atoms with Crippen LogP contribution < -0.4 is 0 Å². The average molecular weight is 361 g/mol. The third-order valence-corrected chi connectivity index (χ3v) is 6.35. The lowest BCUT2D eigenvalue weighted by Gasteiger charge is -2.38. The highest BCUT2D eigenvalue weighted by molar-refractivity contribution is 7.98. The third-order valence-electron chi connectivity index (χ3n) is 5.45. The zero-order chi connectivity index (χ0) is 16.9. The molecule has 4 rings (SSSR count). The van der Waals surface area contributed by atoms with E-state index in [1.54, 1.807) is 6.08 Å². The van der Waals surface area contributed by atoms with Crippen molar-refractivity contribution < 1.29 is 4.39 Å². The van der Waals surface area contributed by atoms with E-state index in [1.807, 2.05) is 24.5 Å². The van der Waals surface area contributed by atoms with E-state index in [0.29, 0.717) is 10.9 Å². The van der Waals surface area contributed by atoms with E-state index >= 15 is 4.39 Å². The zero-order valence-corrected chi connectivity index (χ0v) is 15.1. The monoisotopic (exact) mass is 360 g/mol. The van der Waals surface area contributed by atoms with Gasteiger partial charge < -0.3 is 0 Å². The summed E-state index contributed by atoms with van der Waals surface area (Å²) in [6, 6.07) is 5.86. The SMILES string of the molecule is C=Cc1nc(SC)nc2c1CC[C@]1(CCc3c(Cl)cccc31)[C@@H]2F. The predicted octanol–water partition coefficient (Wildman–Crippen LogP) is 5.34. The molecule has 0 aliphatic heterocycles. The van der Waals surface area contributed by atoms with Crippen molar-refractivity contribution in [2.45, 2.75) is 42.4 Å². The molecule has 0 amide bonds. The van der Waals surface area contributed by atoms with E-state index in [4.69, 9.17) is 11.6 Å². The third kappa shape index (κ3) is 2.16. The number of fused-ring (bicyclic) bond motifs is 3. The molecule has 0 radical (unpaired) electrons. The van der Waals surface area contributed by atoms with Crippen molar-refractivity contribution in [3.8, 4) is 0 Å². The van der Waals surface area contributed by atoms with Crippen LogP contribution in [0.5, 0.6) is 0 Å². The highest BCUT2D eigenvalue weighted by Gasteiger charge is 2.50. The van der Waals surface area contributed by atoms with Crippen LogP contribution in [0.3, 0.4) is 0 Å². The van der Waals surface area contributed by atoms with Crippen LogP contribution in [0, 0.1) is 0 Å². The Balaban J connectivity index is 1.88. The van der Waals surface area contributed by atoms with Crippen LogP contribution in [0.1, 0.15) is 47.1 Å². The van der Waals surface area contributed by atoms with Gasteiger partial charge in [-0.25, -0.2) is 14.4 Å². The van der Waals surface area contributed by atoms with E-state index < -0.39 is 11.6 Å². The van der Waals surface area contributed by atoms with Crippen LogP contribution in [0.25, 0.3) is 6.08 Å². The van der Waals surface area contributed by atoms with E-state index in [0.717, 1.165) is 53.1 Å². The molecule has 1 spiro atoms. The number of benzene rings is 1. The maximum Gasteiger partial charge on any atom is 0.188 e. The van der Waals surface area contributed by atoms with Crippen LogP contribution in [0.2, 0.25) is 5.02 Å². The maximum absolute atomic E-state index is 15.8. The molecule has 0 saturated carbocycles. The minimum absolute atomic E-state index is 0.504. The summed E-state index contributed by atoms with van der Waals surface area (Å²) in [4.78, 5) is 9.01. The molecule has 0 N–H and O–H groups in total. The molecular weight excluding hydrogens is 343 g/mol. The van der Waals surface area contributed by atoms with Gasteiger partial charge in [0, 0.05) is 16.0 Å². The summed E-state index contributed by atoms with van der Waals surface area (Å²) in [5.74, 6) is 0. The van der Waals surface area contributed by atoms with Crippen molar-refractivity contribution >= 4 is 29.4 Å². The Kier molecular flexibility index (Phi) is 3.92. The fourth-order valence-electron chi connectivity index (χ4n) is 4.24. The summed E-state index contributed by atoms with van der Waals surface area (Å²) < 4.78 is 15.8. The van der Waals surface area contributed by atoms with E-state index in [2.05, 4.69) is 16.5 Å². The quantitative estimate of drug-likeness (QED) is 0.534. The standard InChI is InChI=1S/C19H18ClFN2S/c1-3-15-12-8-10-19(17(21)16(12)23-18(22-15)24-2)9-7-11-13(19)5-4-6-14(11)20/h3-6,17H,1,7-10H2,2H3/t17-,19+/m1/s1. The molecule has 0 unspecified atom stereocenters. The van der Waals surface area contributed by atoms with Crippen molar-refractivity contribution in [3.05, 3.63) is 57.9 Å². The van der Waals surface area contributed by atoms with Crippen LogP contribution in [0.15, 0.2) is 29.9 Å². The predicted molar refractivity (Wildman–Crippen MR) is 97.5 cm³/mol. The molecule has 124 valence electrons. The highest BCUT2D eigenvalue weighted by atomic mass is 35.5. The Morgan fingerprint density at radius 3 is 2.75 bits per heavy atom. The Hall–Kier alpha value is -1.39. The topological polar surface area (TPSA) is 25.8 Å². The van der Waals surface area contributed by atoms with Crippen molar-refractivity contribution in [1.29, 1.82) is 0 Å². The Labute approximate surface area is 150 Å². The number of rotatable bonds is 2. The number of hydrogen-bond acceptors (Lipinski definition) is 3. The summed E-state index contributed by atoms with van der Waals surface area (Å²) in [5, 5.41) is 1.36. The molecule has 2 aliphatic rings. The number of thioether (sulfide) groups is 1. The lowest BCUT2D eigenvalue weighted by molar-refractivity contribution is 0.154. The number of halogens is 2. The fraction of sp³-hybridized carbons (Fsp3) is 0.368. The second-order valence-corrected chi connectivity index (χ2v) is 7.63. The number of alkyl halides is 1. The molecule has 2 nitrogen and oxygen atoms in total. The van der Waals surface area contributed by atoms with Gasteiger partial charge in [0.1, 0.15) is 0 Å². The molecule has 1 aromatic carbocycles. The molecule has 24 heavy (non-hydrogen) atoms. The first-order valence-electron chi connectivity index (χ1n) is 8.10. The van der Waals surface area contributed by atoms with Gasteiger partial charge in [0.05, 0.1) is 11.4 Å². The molecule has 0 saturated heterocycles. The van der Waals surface area contributed by atoms with Crippen molar-refractivity contribution in [1.82, 2.24) is 9.97 Å². The first-order chi connectivity index (χ1) is 11.6. The molecule has 5 heteroatoms. The lowest BCUT2D eigenvalue weighted by Crippen LogP contribution is -2.35. The number of nitrogens with zero attached hydrogens (tertiary/aromatic N) is 2. The van der Waals surface area contributed by atoms with Gasteiger partial charge in [-0.05, 0) is 55.2 Å². The second-order valence-electron chi connectivity index (χ2n) is 6.45. The van der Waals surface area contributed by atoms with Gasteiger partial charge >= 0.3 is 0 Å². The van der Waals surface area contributed by atoms with Crippen LogP contribution >= 0.6 is 23.4 Å². The van der Waals surface area contributed by atoms with Crippen LogP contribution in [0.4, 0.5) is 4.39 Å². The largest absolute Gasteiger partial charge is 0.240 e. The van der Waals surface area contributed by atoms with Gasteiger partial charge in [-0.2, -0.15) is 0 Å². The van der Waals surface area contributed by atoms with Gasteiger partial charge in [-0.3, -0.25) is 0 Å². The molecule has 2 aromatic rings. The van der Waals surface area contributed by atoms with Crippen molar-refractivity contribution in [2.24, 2.45) is 0 Å². The van der Waals surface area contributed by atoms with E-state index in [-0.39, 0.29) is 0 Å². The van der Waals surface area contributed by atoms with E-state index in [9.17, 15) is 0 Å². The normalized spacial score (nSPS) is 24.7. The Bertz CT molecular complexity index is 838. The Morgan fingerprint density at radius 2 is 2.04 bits per heavy atom. The first-order valence-corrected chi connectivity index (χ1v) is 9.70. The smallest absolute Gasteiger partial charge is 0.188 e. The summed E-state index contributed by atoms with van der Waals surface area (Å²) in [6.45, 7) is 3.84. The van der Waals surface area contributed by atoms with Gasteiger partial charge in [0.25, 0.3) is 0 Å². The summed E-state index contributed by atoms with van der Waals surface area (Å²) in [7, 11) is 0. The number of hydrogen-bond donors (Lipinski definition) is 0. The van der Waals surface area contributed by atoms with E-state index in [1.165, 1.54) is 11.8 Å². The Morgan fingerprint density at radius 1 is 1.29 bits per heavy atom. The summed E-state index contributed by atoms with van der Waals surface area (Å²) >= 11 is 7.79. The molecule has 2 atom stereocenters. The fourth-order valence-corrected chi connectivity index (χ4v) is 4.89. The first kappa shape index (κ1) is 16.1. The summed E-state index contributed by atoms with van der Waals surface area (Å²) in [6.07, 6.45) is 5.65. The van der Waals surface area contributed by atoms with Gasteiger partial charge in [0.15, 0.2) is 11.3 Å². The lowest BCUT2D eigenvalue weighted by atomic mass is 9.68. The zero-order valence-electron chi connectivity index (χ0n) is 13.5. The van der Waals surface area contributed by atoms with Crippen molar-refractivity contribution in [2.75, 3.05) is 6.26 Å². The molecule has 2 aliphatic carbocycles. The average Bonchev–Trinajstić information content (AvgIpc) is 2.98. The highest BCUT2D eigenvalue weighted by Crippen LogP contribution is 2.56. The molecule has 1 aromatic heterocycles. The second kappa shape index (κ2) is 5.85. The van der Waals surface area contributed by atoms with Crippen LogP contribution in [-0.4, -0.2) is 16.2 Å². The molecule has 0 fully saturated rings. The van der Waals surface area contributed by atoms with Crippen LogP contribution in [-0.2, 0) is 18.3 Å². The number of aromatic nitrogens is 2. The maximum atomic E-state index is 15.8. The van der Waals surface area contributed by atoms with Crippen molar-refractivity contribution in [3.63, 3.8) is 0 Å². The molecule has 0 bridgehead atoms. The molecular formula is C19H18ClFN2S. The summed E-state index contributed by atoms with van der Waals surface area (Å²) in [5.41, 5.74) is 3.90. The van der Waals surface area contributed by atoms with Gasteiger partial charge in [0.2, 0.25) is 0 Å². The van der Waals surface area contributed by atoms with Gasteiger partial charge in [-0.1, -0.05) is 42.1 Å². The minimum Gasteiger partial charge on any atom is -0.240 e. The van der Waals surface area contributed by atoms with Gasteiger partial charge in [-0.15, -0.1) is 0 Å². The molecule has 1 heterocycles.